The van der Waals surface area contributed by atoms with E-state index in [2.05, 4.69) is 30.4 Å². The summed E-state index contributed by atoms with van der Waals surface area (Å²) in [6.45, 7) is 4.05. The standard InChI is InChI=1S/C23H30FNO/c1-2-3-4-5-6-14-25-22-11-8-15-26-23-17-19(12-13-21(22)23)18-9-7-10-20(24)16-18/h7,9-10,12-13,16-17,22,25H,2-6,8,11,14-15H2,1H3. The molecule has 2 nitrogen and oxygen atoms in total. The van der Waals surface area contributed by atoms with Gasteiger partial charge in [-0.05, 0) is 55.1 Å². The van der Waals surface area contributed by atoms with Gasteiger partial charge in [0.1, 0.15) is 11.6 Å². The third-order valence-electron chi connectivity index (χ3n) is 5.11. The van der Waals surface area contributed by atoms with Crippen LogP contribution in [0.4, 0.5) is 4.39 Å². The molecule has 0 saturated carbocycles. The van der Waals surface area contributed by atoms with E-state index in [4.69, 9.17) is 4.74 Å². The first kappa shape index (κ1) is 18.9. The summed E-state index contributed by atoms with van der Waals surface area (Å²) in [6.07, 6.45) is 8.64. The summed E-state index contributed by atoms with van der Waals surface area (Å²) in [6, 6.07) is 13.4. The van der Waals surface area contributed by atoms with E-state index >= 15 is 0 Å². The number of unbranched alkanes of at least 4 members (excludes halogenated alkanes) is 4. The topological polar surface area (TPSA) is 21.3 Å². The molecule has 0 spiro atoms. The molecule has 2 aromatic rings. The Labute approximate surface area is 156 Å². The summed E-state index contributed by atoms with van der Waals surface area (Å²) >= 11 is 0. The molecule has 0 radical (unpaired) electrons. The zero-order valence-corrected chi connectivity index (χ0v) is 15.8. The summed E-state index contributed by atoms with van der Waals surface area (Å²) < 4.78 is 19.5. The highest BCUT2D eigenvalue weighted by Gasteiger charge is 2.19. The van der Waals surface area contributed by atoms with E-state index < -0.39 is 0 Å². The molecule has 2 aromatic carbocycles. The maximum Gasteiger partial charge on any atom is 0.124 e. The lowest BCUT2D eigenvalue weighted by atomic mass is 9.97. The Morgan fingerprint density at radius 1 is 1.04 bits per heavy atom. The van der Waals surface area contributed by atoms with Crippen molar-refractivity contribution in [3.8, 4) is 16.9 Å². The molecule has 26 heavy (non-hydrogen) atoms. The maximum absolute atomic E-state index is 13.5. The molecule has 1 aliphatic heterocycles. The number of fused-ring (bicyclic) bond motifs is 1. The second kappa shape index (κ2) is 9.72. The molecule has 0 aromatic heterocycles. The summed E-state index contributed by atoms with van der Waals surface area (Å²) in [5, 5.41) is 3.72. The minimum atomic E-state index is -0.207. The summed E-state index contributed by atoms with van der Waals surface area (Å²) in [7, 11) is 0. The summed E-state index contributed by atoms with van der Waals surface area (Å²) in [5.74, 6) is 0.730. The van der Waals surface area contributed by atoms with Gasteiger partial charge in [0.25, 0.3) is 0 Å². The molecule has 1 unspecified atom stereocenters. The Morgan fingerprint density at radius 3 is 2.73 bits per heavy atom. The monoisotopic (exact) mass is 355 g/mol. The van der Waals surface area contributed by atoms with Crippen molar-refractivity contribution in [2.24, 2.45) is 0 Å². The van der Waals surface area contributed by atoms with Crippen LogP contribution in [0.15, 0.2) is 42.5 Å². The Hall–Kier alpha value is -1.87. The first-order chi connectivity index (χ1) is 12.8. The predicted octanol–water partition coefficient (Wildman–Crippen LogP) is 6.27. The molecule has 3 heteroatoms. The van der Waals surface area contributed by atoms with E-state index in [1.807, 2.05) is 6.07 Å². The van der Waals surface area contributed by atoms with Gasteiger partial charge in [-0.2, -0.15) is 0 Å². The van der Waals surface area contributed by atoms with Gasteiger partial charge in [0, 0.05) is 11.6 Å². The Morgan fingerprint density at radius 2 is 1.88 bits per heavy atom. The average molecular weight is 355 g/mol. The zero-order valence-electron chi connectivity index (χ0n) is 15.8. The molecule has 0 saturated heterocycles. The lowest BCUT2D eigenvalue weighted by Crippen LogP contribution is -2.22. The van der Waals surface area contributed by atoms with Gasteiger partial charge >= 0.3 is 0 Å². The van der Waals surface area contributed by atoms with Crippen molar-refractivity contribution in [2.75, 3.05) is 13.2 Å². The highest BCUT2D eigenvalue weighted by molar-refractivity contribution is 5.66. The molecule has 1 N–H and O–H groups in total. The van der Waals surface area contributed by atoms with Crippen LogP contribution in [0.25, 0.3) is 11.1 Å². The Kier molecular flexibility index (Phi) is 7.07. The fourth-order valence-corrected chi connectivity index (χ4v) is 3.64. The third kappa shape index (κ3) is 5.07. The lowest BCUT2D eigenvalue weighted by Gasteiger charge is -2.19. The number of benzene rings is 2. The fourth-order valence-electron chi connectivity index (χ4n) is 3.64. The second-order valence-corrected chi connectivity index (χ2v) is 7.17. The molecule has 1 atom stereocenters. The van der Waals surface area contributed by atoms with Crippen molar-refractivity contribution in [1.29, 1.82) is 0 Å². The van der Waals surface area contributed by atoms with Crippen LogP contribution in [0.1, 0.15) is 63.5 Å². The number of nitrogens with one attached hydrogen (secondary N) is 1. The number of halogens is 1. The van der Waals surface area contributed by atoms with Crippen molar-refractivity contribution >= 4 is 0 Å². The number of ether oxygens (including phenoxy) is 1. The molecule has 3 rings (SSSR count). The smallest absolute Gasteiger partial charge is 0.124 e. The van der Waals surface area contributed by atoms with E-state index in [1.165, 1.54) is 43.7 Å². The highest BCUT2D eigenvalue weighted by Crippen LogP contribution is 2.35. The fraction of sp³-hybridized carbons (Fsp3) is 0.478. The molecular formula is C23H30FNO. The number of hydrogen-bond donors (Lipinski definition) is 1. The lowest BCUT2D eigenvalue weighted by molar-refractivity contribution is 0.315. The summed E-state index contributed by atoms with van der Waals surface area (Å²) in [5.41, 5.74) is 3.13. The molecule has 0 fully saturated rings. The van der Waals surface area contributed by atoms with Crippen molar-refractivity contribution < 1.29 is 9.13 Å². The highest BCUT2D eigenvalue weighted by atomic mass is 19.1. The van der Waals surface area contributed by atoms with Gasteiger partial charge in [0.2, 0.25) is 0 Å². The first-order valence-electron chi connectivity index (χ1n) is 10.0. The Bertz CT molecular complexity index is 700. The van der Waals surface area contributed by atoms with E-state index in [9.17, 15) is 4.39 Å². The first-order valence-corrected chi connectivity index (χ1v) is 10.0. The van der Waals surface area contributed by atoms with Crippen molar-refractivity contribution in [1.82, 2.24) is 5.32 Å². The van der Waals surface area contributed by atoms with Gasteiger partial charge in [-0.25, -0.2) is 4.39 Å². The van der Waals surface area contributed by atoms with Crippen LogP contribution in [0.5, 0.6) is 5.75 Å². The van der Waals surface area contributed by atoms with E-state index in [1.54, 1.807) is 12.1 Å². The van der Waals surface area contributed by atoms with Gasteiger partial charge in [0.15, 0.2) is 0 Å². The van der Waals surface area contributed by atoms with Crippen LogP contribution >= 0.6 is 0 Å². The largest absolute Gasteiger partial charge is 0.493 e. The molecule has 1 heterocycles. The zero-order chi connectivity index (χ0) is 18.2. The van der Waals surface area contributed by atoms with Crippen LogP contribution in [0, 0.1) is 5.82 Å². The molecule has 140 valence electrons. The third-order valence-corrected chi connectivity index (χ3v) is 5.11. The quantitative estimate of drug-likeness (QED) is 0.564. The van der Waals surface area contributed by atoms with Gasteiger partial charge in [0.05, 0.1) is 6.61 Å². The maximum atomic E-state index is 13.5. The Balaban J connectivity index is 1.68. The van der Waals surface area contributed by atoms with Crippen molar-refractivity contribution in [2.45, 2.75) is 57.9 Å². The van der Waals surface area contributed by atoms with Crippen LogP contribution in [-0.2, 0) is 0 Å². The number of rotatable bonds is 8. The van der Waals surface area contributed by atoms with E-state index in [-0.39, 0.29) is 5.82 Å². The van der Waals surface area contributed by atoms with Crippen LogP contribution in [0.2, 0.25) is 0 Å². The van der Waals surface area contributed by atoms with Crippen LogP contribution < -0.4 is 10.1 Å². The van der Waals surface area contributed by atoms with Crippen molar-refractivity contribution in [3.63, 3.8) is 0 Å². The van der Waals surface area contributed by atoms with Gasteiger partial charge in [-0.3, -0.25) is 0 Å². The molecule has 1 aliphatic rings. The molecule has 0 bridgehead atoms. The van der Waals surface area contributed by atoms with E-state index in [0.717, 1.165) is 42.9 Å². The number of hydrogen-bond acceptors (Lipinski definition) is 2. The average Bonchev–Trinajstić information content (AvgIpc) is 2.86. The molecular weight excluding hydrogens is 325 g/mol. The van der Waals surface area contributed by atoms with Gasteiger partial charge < -0.3 is 10.1 Å². The van der Waals surface area contributed by atoms with Gasteiger partial charge in [-0.1, -0.05) is 56.9 Å². The molecule has 0 aliphatic carbocycles. The second-order valence-electron chi connectivity index (χ2n) is 7.17. The predicted molar refractivity (Wildman–Crippen MR) is 106 cm³/mol. The molecule has 0 amide bonds. The summed E-state index contributed by atoms with van der Waals surface area (Å²) in [4.78, 5) is 0. The van der Waals surface area contributed by atoms with Crippen LogP contribution in [-0.4, -0.2) is 13.2 Å². The normalized spacial score (nSPS) is 16.6. The van der Waals surface area contributed by atoms with Gasteiger partial charge in [-0.15, -0.1) is 0 Å². The SMILES string of the molecule is CCCCCCCNC1CCCOc2cc(-c3cccc(F)c3)ccc21. The minimum absolute atomic E-state index is 0.207. The van der Waals surface area contributed by atoms with Crippen LogP contribution in [0.3, 0.4) is 0 Å². The minimum Gasteiger partial charge on any atom is -0.493 e. The van der Waals surface area contributed by atoms with E-state index in [0.29, 0.717) is 6.04 Å². The van der Waals surface area contributed by atoms with Crippen molar-refractivity contribution in [3.05, 3.63) is 53.8 Å².